The lowest BCUT2D eigenvalue weighted by Gasteiger charge is -2.53. The third kappa shape index (κ3) is 3.52. The van der Waals surface area contributed by atoms with E-state index in [9.17, 15) is 0 Å². The third-order valence-corrected chi connectivity index (χ3v) is 5.65. The second-order valence-corrected chi connectivity index (χ2v) is 7.20. The van der Waals surface area contributed by atoms with Crippen LogP contribution in [0.3, 0.4) is 0 Å². The van der Waals surface area contributed by atoms with Gasteiger partial charge in [-0.15, -0.1) is 0 Å². The van der Waals surface area contributed by atoms with Gasteiger partial charge < -0.3 is 10.1 Å². The second-order valence-electron chi connectivity index (χ2n) is 7.20. The molecule has 4 unspecified atom stereocenters. The smallest absolute Gasteiger partial charge is 0.0655 e. The summed E-state index contributed by atoms with van der Waals surface area (Å²) in [6, 6.07) is 1.41. The van der Waals surface area contributed by atoms with Gasteiger partial charge in [0, 0.05) is 24.1 Å². The van der Waals surface area contributed by atoms with Gasteiger partial charge in [-0.25, -0.2) is 0 Å². The normalized spacial score (nSPS) is 38.5. The molecule has 0 spiro atoms. The lowest BCUT2D eigenvalue weighted by molar-refractivity contribution is -0.116. The highest BCUT2D eigenvalue weighted by Gasteiger charge is 2.49. The molecular weight excluding hydrogens is 234 g/mol. The van der Waals surface area contributed by atoms with E-state index in [1.165, 1.54) is 44.9 Å². The molecule has 2 nitrogen and oxygen atoms in total. The molecule has 0 aromatic heterocycles. The Hall–Kier alpha value is -0.0800. The quantitative estimate of drug-likeness (QED) is 0.756. The molecule has 2 heteroatoms. The van der Waals surface area contributed by atoms with Crippen molar-refractivity contribution in [1.82, 2.24) is 5.32 Å². The summed E-state index contributed by atoms with van der Waals surface area (Å²) in [5, 5.41) is 3.94. The van der Waals surface area contributed by atoms with E-state index >= 15 is 0 Å². The van der Waals surface area contributed by atoms with Gasteiger partial charge in [-0.3, -0.25) is 0 Å². The van der Waals surface area contributed by atoms with Crippen LogP contribution in [0.4, 0.5) is 0 Å². The predicted octanol–water partition coefficient (Wildman–Crippen LogP) is 4.14. The molecule has 2 fully saturated rings. The minimum absolute atomic E-state index is 0.312. The molecule has 112 valence electrons. The summed E-state index contributed by atoms with van der Waals surface area (Å²) in [5.74, 6) is 0.984. The van der Waals surface area contributed by atoms with E-state index in [1.54, 1.807) is 0 Å². The van der Waals surface area contributed by atoms with Gasteiger partial charge in [-0.2, -0.15) is 0 Å². The highest BCUT2D eigenvalue weighted by molar-refractivity contribution is 5.03. The summed E-state index contributed by atoms with van der Waals surface area (Å²) in [6.07, 6.45) is 10.1. The molecule has 0 amide bonds. The zero-order chi connectivity index (χ0) is 13.9. The number of ether oxygens (including phenoxy) is 1. The Morgan fingerprint density at radius 1 is 1.11 bits per heavy atom. The van der Waals surface area contributed by atoms with Gasteiger partial charge in [0.2, 0.25) is 0 Å². The Kier molecular flexibility index (Phi) is 5.30. The van der Waals surface area contributed by atoms with Crippen LogP contribution < -0.4 is 5.32 Å². The summed E-state index contributed by atoms with van der Waals surface area (Å²) in [6.45, 7) is 10.0. The standard InChI is InChI=1S/C17H33NO/c1-5-13-8-7-9-14(11-10-13)18-15-12-16(19-6-2)17(15,3)4/h13-16,18H,5-12H2,1-4H3. The van der Waals surface area contributed by atoms with Crippen LogP contribution in [0.25, 0.3) is 0 Å². The maximum Gasteiger partial charge on any atom is 0.0655 e. The van der Waals surface area contributed by atoms with Crippen LogP contribution in [0.15, 0.2) is 0 Å². The average Bonchev–Trinajstić information content (AvgIpc) is 2.62. The van der Waals surface area contributed by atoms with Crippen LogP contribution >= 0.6 is 0 Å². The topological polar surface area (TPSA) is 21.3 Å². The van der Waals surface area contributed by atoms with Crippen LogP contribution in [0.2, 0.25) is 0 Å². The van der Waals surface area contributed by atoms with Crippen molar-refractivity contribution >= 4 is 0 Å². The fraction of sp³-hybridized carbons (Fsp3) is 1.00. The van der Waals surface area contributed by atoms with Gasteiger partial charge in [-0.05, 0) is 38.5 Å². The van der Waals surface area contributed by atoms with Gasteiger partial charge in [-0.1, -0.05) is 40.0 Å². The largest absolute Gasteiger partial charge is 0.378 e. The number of nitrogens with one attached hydrogen (secondary N) is 1. The van der Waals surface area contributed by atoms with E-state index < -0.39 is 0 Å². The zero-order valence-corrected chi connectivity index (χ0v) is 13.4. The Labute approximate surface area is 119 Å². The van der Waals surface area contributed by atoms with Crippen LogP contribution in [-0.4, -0.2) is 24.8 Å². The fourth-order valence-corrected chi connectivity index (χ4v) is 3.89. The molecule has 2 aliphatic rings. The van der Waals surface area contributed by atoms with Crippen LogP contribution in [0, 0.1) is 11.3 Å². The van der Waals surface area contributed by atoms with Gasteiger partial charge >= 0.3 is 0 Å². The predicted molar refractivity (Wildman–Crippen MR) is 81.4 cm³/mol. The molecule has 0 aromatic rings. The van der Waals surface area contributed by atoms with E-state index in [0.717, 1.165) is 18.6 Å². The van der Waals surface area contributed by atoms with Crippen LogP contribution in [0.1, 0.15) is 72.6 Å². The van der Waals surface area contributed by atoms with E-state index in [-0.39, 0.29) is 0 Å². The summed E-state index contributed by atoms with van der Waals surface area (Å²) in [4.78, 5) is 0. The number of rotatable bonds is 5. The first-order chi connectivity index (χ1) is 9.07. The molecule has 2 aliphatic carbocycles. The Balaban J connectivity index is 1.79. The van der Waals surface area contributed by atoms with Crippen molar-refractivity contribution in [1.29, 1.82) is 0 Å². The van der Waals surface area contributed by atoms with Crippen molar-refractivity contribution in [2.45, 2.75) is 90.8 Å². The maximum atomic E-state index is 5.83. The van der Waals surface area contributed by atoms with Crippen LogP contribution in [0.5, 0.6) is 0 Å². The lowest BCUT2D eigenvalue weighted by Crippen LogP contribution is -2.62. The molecule has 19 heavy (non-hydrogen) atoms. The van der Waals surface area contributed by atoms with Gasteiger partial charge in [0.05, 0.1) is 6.10 Å². The van der Waals surface area contributed by atoms with Crippen molar-refractivity contribution in [3.8, 4) is 0 Å². The Morgan fingerprint density at radius 3 is 2.53 bits per heavy atom. The van der Waals surface area contributed by atoms with Crippen molar-refractivity contribution < 1.29 is 4.74 Å². The maximum absolute atomic E-state index is 5.83. The molecule has 2 rings (SSSR count). The lowest BCUT2D eigenvalue weighted by atomic mass is 9.64. The summed E-state index contributed by atoms with van der Waals surface area (Å²) in [7, 11) is 0. The highest BCUT2D eigenvalue weighted by atomic mass is 16.5. The average molecular weight is 267 g/mol. The summed E-state index contributed by atoms with van der Waals surface area (Å²) < 4.78 is 5.83. The van der Waals surface area contributed by atoms with Gasteiger partial charge in [0.25, 0.3) is 0 Å². The summed E-state index contributed by atoms with van der Waals surface area (Å²) >= 11 is 0. The minimum atomic E-state index is 0.312. The van der Waals surface area contributed by atoms with Crippen molar-refractivity contribution in [2.75, 3.05) is 6.61 Å². The Bertz CT molecular complexity index is 276. The molecule has 2 saturated carbocycles. The molecule has 0 heterocycles. The van der Waals surface area contributed by atoms with Crippen molar-refractivity contribution in [2.24, 2.45) is 11.3 Å². The Morgan fingerprint density at radius 2 is 1.89 bits per heavy atom. The van der Waals surface area contributed by atoms with E-state index in [0.29, 0.717) is 17.6 Å². The molecule has 0 bridgehead atoms. The number of hydrogen-bond donors (Lipinski definition) is 1. The highest BCUT2D eigenvalue weighted by Crippen LogP contribution is 2.43. The van der Waals surface area contributed by atoms with Crippen molar-refractivity contribution in [3.63, 3.8) is 0 Å². The van der Waals surface area contributed by atoms with E-state index in [4.69, 9.17) is 4.74 Å². The molecule has 1 N–H and O–H groups in total. The fourth-order valence-electron chi connectivity index (χ4n) is 3.89. The third-order valence-electron chi connectivity index (χ3n) is 5.65. The SMILES string of the molecule is CCOC1CC(NC2CCCC(CC)CC2)C1(C)C. The summed E-state index contributed by atoms with van der Waals surface area (Å²) in [5.41, 5.74) is 0.312. The van der Waals surface area contributed by atoms with Crippen molar-refractivity contribution in [3.05, 3.63) is 0 Å². The molecule has 4 atom stereocenters. The first kappa shape index (κ1) is 15.3. The zero-order valence-electron chi connectivity index (χ0n) is 13.4. The second kappa shape index (κ2) is 6.58. The number of hydrogen-bond acceptors (Lipinski definition) is 2. The first-order valence-corrected chi connectivity index (χ1v) is 8.45. The molecule has 0 saturated heterocycles. The molecule has 0 aliphatic heterocycles. The van der Waals surface area contributed by atoms with E-state index in [2.05, 4.69) is 33.0 Å². The van der Waals surface area contributed by atoms with Crippen LogP contribution in [-0.2, 0) is 4.74 Å². The van der Waals surface area contributed by atoms with E-state index in [1.807, 2.05) is 0 Å². The minimum Gasteiger partial charge on any atom is -0.378 e. The monoisotopic (exact) mass is 267 g/mol. The molecule has 0 aromatic carbocycles. The van der Waals surface area contributed by atoms with Gasteiger partial charge in [0.15, 0.2) is 0 Å². The molecular formula is C17H33NO. The first-order valence-electron chi connectivity index (χ1n) is 8.45. The molecule has 0 radical (unpaired) electrons. The van der Waals surface area contributed by atoms with Gasteiger partial charge in [0.1, 0.15) is 0 Å².